The first-order chi connectivity index (χ1) is 29.7. The number of hydrogen-bond acceptors (Lipinski definition) is 3. The van der Waals surface area contributed by atoms with Crippen molar-refractivity contribution in [3.63, 3.8) is 0 Å². The van der Waals surface area contributed by atoms with Crippen LogP contribution in [0.1, 0.15) is 74.9 Å². The van der Waals surface area contributed by atoms with Gasteiger partial charge in [0.15, 0.2) is 0 Å². The smallest absolute Gasteiger partial charge is 0.0775 e. The molecule has 3 aliphatic carbocycles. The molecule has 0 N–H and O–H groups in total. The summed E-state index contributed by atoms with van der Waals surface area (Å²) in [7, 11) is -1.43. The molecule has 7 aromatic carbocycles. The Morgan fingerprint density at radius 2 is 0.726 bits per heavy atom. The summed E-state index contributed by atoms with van der Waals surface area (Å²) in [5.41, 5.74) is 20.7. The van der Waals surface area contributed by atoms with E-state index in [9.17, 15) is 0 Å². The quantitative estimate of drug-likeness (QED) is 0.148. The van der Waals surface area contributed by atoms with Crippen molar-refractivity contribution in [3.05, 3.63) is 197 Å². The molecule has 0 atom stereocenters. The van der Waals surface area contributed by atoms with Gasteiger partial charge in [0, 0.05) is 60.1 Å². The molecule has 4 heteroatoms. The SMILES string of the molecule is CC1(C)c2ccccc2-c2ccc(N(c3ccccc3)c3ccc4c(c3)C(C)(C)c3c-4sc4c3C(C)(C)c3cc(N(c5ccccc5)c5ccc([Si](C)(C)C)cc5)ccc3-4)cc21. The third-order valence-electron chi connectivity index (χ3n) is 14.4. The molecule has 0 spiro atoms. The van der Waals surface area contributed by atoms with Gasteiger partial charge in [0.05, 0.1) is 8.07 Å². The van der Waals surface area contributed by atoms with Crippen molar-refractivity contribution >= 4 is 58.7 Å². The second-order valence-corrected chi connectivity index (χ2v) is 26.4. The lowest BCUT2D eigenvalue weighted by atomic mass is 9.74. The molecule has 0 amide bonds. The standard InChI is InChI=1S/C58H54N2SSi/c1-56(2)48-23-17-16-22-44(48)45-31-26-41(34-49(45)56)60(38-20-14-11-15-21-38)42-28-33-47-51(36-42)58(5,6)53-52-54(61-55(47)53)46-32-27-40(35-50(46)57(52,3)4)59(37-18-12-10-13-19-37)39-24-29-43(30-25-39)62(7,8)9/h10-36H,1-9H3. The van der Waals surface area contributed by atoms with Crippen LogP contribution in [0, 0.1) is 0 Å². The lowest BCUT2D eigenvalue weighted by Crippen LogP contribution is -2.37. The van der Waals surface area contributed by atoms with Crippen molar-refractivity contribution in [1.82, 2.24) is 0 Å². The molecule has 0 saturated heterocycles. The first kappa shape index (κ1) is 38.9. The van der Waals surface area contributed by atoms with Gasteiger partial charge in [-0.25, -0.2) is 0 Å². The van der Waals surface area contributed by atoms with Crippen molar-refractivity contribution in [2.45, 2.75) is 77.4 Å². The Labute approximate surface area is 373 Å². The Balaban J connectivity index is 0.992. The van der Waals surface area contributed by atoms with Crippen LogP contribution in [0.5, 0.6) is 0 Å². The monoisotopic (exact) mass is 838 g/mol. The second-order valence-electron chi connectivity index (χ2n) is 20.3. The predicted molar refractivity (Wildman–Crippen MR) is 269 cm³/mol. The van der Waals surface area contributed by atoms with Gasteiger partial charge in [0.2, 0.25) is 0 Å². The van der Waals surface area contributed by atoms with Gasteiger partial charge in [-0.05, 0) is 128 Å². The van der Waals surface area contributed by atoms with Gasteiger partial charge in [0.25, 0.3) is 0 Å². The van der Waals surface area contributed by atoms with Crippen LogP contribution in [0.25, 0.3) is 32.0 Å². The topological polar surface area (TPSA) is 6.48 Å². The molecule has 11 rings (SSSR count). The van der Waals surface area contributed by atoms with Gasteiger partial charge in [0.1, 0.15) is 0 Å². The van der Waals surface area contributed by atoms with Gasteiger partial charge in [-0.2, -0.15) is 0 Å². The van der Waals surface area contributed by atoms with Crippen LogP contribution in [0.15, 0.2) is 164 Å². The van der Waals surface area contributed by atoms with Crippen LogP contribution >= 0.6 is 11.3 Å². The Bertz CT molecular complexity index is 3070. The highest BCUT2D eigenvalue weighted by Gasteiger charge is 2.48. The highest BCUT2D eigenvalue weighted by Crippen LogP contribution is 2.64. The number of rotatable bonds is 7. The van der Waals surface area contributed by atoms with Gasteiger partial charge in [-0.1, -0.05) is 157 Å². The normalized spacial score (nSPS) is 15.6. The highest BCUT2D eigenvalue weighted by atomic mass is 32.1. The summed E-state index contributed by atoms with van der Waals surface area (Å²) in [4.78, 5) is 7.76. The van der Waals surface area contributed by atoms with E-state index in [1.54, 1.807) is 0 Å². The van der Waals surface area contributed by atoms with Crippen LogP contribution in [-0.2, 0) is 16.2 Å². The van der Waals surface area contributed by atoms with E-state index >= 15 is 0 Å². The zero-order valence-corrected chi connectivity index (χ0v) is 39.2. The highest BCUT2D eigenvalue weighted by molar-refractivity contribution is 7.19. The molecule has 1 heterocycles. The third kappa shape index (κ3) is 5.65. The van der Waals surface area contributed by atoms with Crippen LogP contribution in [0.3, 0.4) is 0 Å². The minimum absolute atomic E-state index is 0.0805. The van der Waals surface area contributed by atoms with E-state index in [0.29, 0.717) is 0 Å². The summed E-state index contributed by atoms with van der Waals surface area (Å²) in [6, 6.07) is 61.6. The molecule has 2 nitrogen and oxygen atoms in total. The molecule has 0 unspecified atom stereocenters. The number of para-hydroxylation sites is 2. The molecule has 0 fully saturated rings. The molecule has 0 radical (unpaired) electrons. The van der Waals surface area contributed by atoms with Crippen LogP contribution in [0.4, 0.5) is 34.1 Å². The molecular formula is C58H54N2SSi. The number of anilines is 6. The second kappa shape index (κ2) is 13.5. The summed E-state index contributed by atoms with van der Waals surface area (Å²) < 4.78 is 0. The maximum absolute atomic E-state index is 2.49. The minimum Gasteiger partial charge on any atom is -0.310 e. The zero-order chi connectivity index (χ0) is 42.9. The molecule has 306 valence electrons. The Kier molecular flexibility index (Phi) is 8.50. The van der Waals surface area contributed by atoms with E-state index in [4.69, 9.17) is 0 Å². The minimum atomic E-state index is -1.43. The number of fused-ring (bicyclic) bond motifs is 10. The van der Waals surface area contributed by atoms with E-state index in [-0.39, 0.29) is 16.2 Å². The maximum atomic E-state index is 2.49. The van der Waals surface area contributed by atoms with Gasteiger partial charge < -0.3 is 9.80 Å². The number of thiophene rings is 1. The van der Waals surface area contributed by atoms with Crippen LogP contribution in [0.2, 0.25) is 19.6 Å². The molecule has 3 aliphatic rings. The number of benzene rings is 7. The first-order valence-corrected chi connectivity index (χ1v) is 26.5. The van der Waals surface area contributed by atoms with E-state index in [1.807, 2.05) is 11.3 Å². The van der Waals surface area contributed by atoms with E-state index in [2.05, 4.69) is 235 Å². The third-order valence-corrected chi connectivity index (χ3v) is 17.7. The average Bonchev–Trinajstić information content (AvgIpc) is 3.91. The summed E-state index contributed by atoms with van der Waals surface area (Å²) in [6.07, 6.45) is 0. The molecular weight excluding hydrogens is 785 g/mol. The van der Waals surface area contributed by atoms with Gasteiger partial charge >= 0.3 is 0 Å². The fourth-order valence-corrected chi connectivity index (χ4v) is 13.9. The van der Waals surface area contributed by atoms with E-state index < -0.39 is 8.07 Å². The van der Waals surface area contributed by atoms with Crippen molar-refractivity contribution in [3.8, 4) is 32.0 Å². The summed E-state index contributed by atoms with van der Waals surface area (Å²) >= 11 is 2.00. The number of nitrogens with zero attached hydrogens (tertiary/aromatic N) is 2. The maximum Gasteiger partial charge on any atom is 0.0775 e. The first-order valence-electron chi connectivity index (χ1n) is 22.2. The zero-order valence-electron chi connectivity index (χ0n) is 37.4. The Morgan fingerprint density at radius 1 is 0.355 bits per heavy atom. The van der Waals surface area contributed by atoms with Gasteiger partial charge in [-0.15, -0.1) is 11.3 Å². The summed E-state index contributed by atoms with van der Waals surface area (Å²) in [6.45, 7) is 21.8. The fourth-order valence-electron chi connectivity index (χ4n) is 11.0. The van der Waals surface area contributed by atoms with E-state index in [0.717, 1.165) is 5.69 Å². The molecule has 1 aromatic heterocycles. The number of hydrogen-bond donors (Lipinski definition) is 0. The lowest BCUT2D eigenvalue weighted by molar-refractivity contribution is 0.603. The lowest BCUT2D eigenvalue weighted by Gasteiger charge is -2.31. The van der Waals surface area contributed by atoms with Crippen molar-refractivity contribution in [1.29, 1.82) is 0 Å². The Hall–Kier alpha value is -5.94. The molecule has 8 aromatic rings. The average molecular weight is 839 g/mol. The summed E-state index contributed by atoms with van der Waals surface area (Å²) in [5.74, 6) is 0. The summed E-state index contributed by atoms with van der Waals surface area (Å²) in [5, 5.41) is 1.48. The predicted octanol–water partition coefficient (Wildman–Crippen LogP) is 16.2. The van der Waals surface area contributed by atoms with Crippen molar-refractivity contribution in [2.75, 3.05) is 9.80 Å². The molecule has 0 aliphatic heterocycles. The fraction of sp³-hybridized carbons (Fsp3) is 0.207. The Morgan fingerprint density at radius 3 is 1.21 bits per heavy atom. The molecule has 0 saturated carbocycles. The van der Waals surface area contributed by atoms with Crippen LogP contribution in [-0.4, -0.2) is 8.07 Å². The van der Waals surface area contributed by atoms with Crippen molar-refractivity contribution in [2.24, 2.45) is 0 Å². The largest absolute Gasteiger partial charge is 0.310 e. The molecule has 62 heavy (non-hydrogen) atoms. The van der Waals surface area contributed by atoms with Crippen LogP contribution < -0.4 is 15.0 Å². The van der Waals surface area contributed by atoms with Gasteiger partial charge in [-0.3, -0.25) is 0 Å². The molecule has 0 bridgehead atoms. The van der Waals surface area contributed by atoms with Crippen molar-refractivity contribution < 1.29 is 0 Å². The van der Waals surface area contributed by atoms with E-state index in [1.165, 1.54) is 99.0 Å².